The van der Waals surface area contributed by atoms with E-state index in [0.717, 1.165) is 24.3 Å². The zero-order valence-corrected chi connectivity index (χ0v) is 9.75. The van der Waals surface area contributed by atoms with E-state index in [1.807, 2.05) is 48.8 Å². The number of ether oxygens (including phenoxy) is 1. The monoisotopic (exact) mass is 231 g/mol. The van der Waals surface area contributed by atoms with Gasteiger partial charge in [-0.2, -0.15) is 0 Å². The summed E-state index contributed by atoms with van der Waals surface area (Å²) in [6.07, 6.45) is 4.89. The van der Waals surface area contributed by atoms with Gasteiger partial charge >= 0.3 is 0 Å². The lowest BCUT2D eigenvalue weighted by Crippen LogP contribution is -2.02. The van der Waals surface area contributed by atoms with Crippen LogP contribution in [-0.2, 0) is 13.2 Å². The molecule has 90 valence electrons. The smallest absolute Gasteiger partial charge is 0.119 e. The Bertz CT molecular complexity index is 436. The van der Waals surface area contributed by atoms with Crippen molar-refractivity contribution < 1.29 is 9.84 Å². The standard InChI is InChI=1S/C14H17NO2/c16-12-13-7-9-15(11-13)8-4-10-17-14-5-2-1-3-6-14/h1-3,5-7,9,11,16H,4,8,10,12H2. The van der Waals surface area contributed by atoms with E-state index in [9.17, 15) is 0 Å². The van der Waals surface area contributed by atoms with Crippen LogP contribution in [0.25, 0.3) is 0 Å². The number of benzene rings is 1. The quantitative estimate of drug-likeness (QED) is 0.775. The SMILES string of the molecule is OCc1ccn(CCCOc2ccccc2)c1. The van der Waals surface area contributed by atoms with Gasteiger partial charge in [0, 0.05) is 18.9 Å². The predicted octanol–water partition coefficient (Wildman–Crippen LogP) is 2.45. The summed E-state index contributed by atoms with van der Waals surface area (Å²) in [5.74, 6) is 0.913. The molecule has 0 fully saturated rings. The van der Waals surface area contributed by atoms with Crippen molar-refractivity contribution in [3.05, 3.63) is 54.4 Å². The van der Waals surface area contributed by atoms with E-state index in [0.29, 0.717) is 6.61 Å². The van der Waals surface area contributed by atoms with Crippen LogP contribution in [0.1, 0.15) is 12.0 Å². The molecule has 0 bridgehead atoms. The minimum atomic E-state index is 0.105. The lowest BCUT2D eigenvalue weighted by atomic mass is 10.3. The summed E-state index contributed by atoms with van der Waals surface area (Å²) in [6, 6.07) is 11.8. The lowest BCUT2D eigenvalue weighted by molar-refractivity contribution is 0.281. The first-order chi connectivity index (χ1) is 8.38. The molecule has 0 saturated carbocycles. The van der Waals surface area contributed by atoms with Crippen LogP contribution in [-0.4, -0.2) is 16.3 Å². The molecule has 0 spiro atoms. The van der Waals surface area contributed by atoms with Gasteiger partial charge in [-0.15, -0.1) is 0 Å². The van der Waals surface area contributed by atoms with Crippen molar-refractivity contribution in [1.29, 1.82) is 0 Å². The number of hydrogen-bond donors (Lipinski definition) is 1. The molecule has 0 unspecified atom stereocenters. The third-order valence-corrected chi connectivity index (χ3v) is 2.57. The third-order valence-electron chi connectivity index (χ3n) is 2.57. The molecule has 0 aliphatic carbocycles. The summed E-state index contributed by atoms with van der Waals surface area (Å²) in [5.41, 5.74) is 0.953. The first kappa shape index (κ1) is 11.7. The maximum atomic E-state index is 8.93. The average molecular weight is 231 g/mol. The first-order valence-corrected chi connectivity index (χ1v) is 5.82. The maximum absolute atomic E-state index is 8.93. The van der Waals surface area contributed by atoms with E-state index in [4.69, 9.17) is 9.84 Å². The average Bonchev–Trinajstić information content (AvgIpc) is 2.84. The molecular weight excluding hydrogens is 214 g/mol. The van der Waals surface area contributed by atoms with Gasteiger partial charge in [-0.25, -0.2) is 0 Å². The zero-order valence-electron chi connectivity index (χ0n) is 9.75. The molecule has 2 rings (SSSR count). The summed E-state index contributed by atoms with van der Waals surface area (Å²) in [5, 5.41) is 8.93. The highest BCUT2D eigenvalue weighted by atomic mass is 16.5. The second-order valence-corrected chi connectivity index (χ2v) is 3.93. The van der Waals surface area contributed by atoms with Crippen molar-refractivity contribution in [1.82, 2.24) is 4.57 Å². The molecule has 1 aromatic carbocycles. The van der Waals surface area contributed by atoms with E-state index in [1.165, 1.54) is 0 Å². The van der Waals surface area contributed by atoms with Gasteiger partial charge in [0.25, 0.3) is 0 Å². The van der Waals surface area contributed by atoms with Crippen molar-refractivity contribution >= 4 is 0 Å². The molecule has 0 saturated heterocycles. The third kappa shape index (κ3) is 3.64. The number of nitrogens with zero attached hydrogens (tertiary/aromatic N) is 1. The Kier molecular flexibility index (Phi) is 4.22. The minimum absolute atomic E-state index is 0.105. The molecule has 17 heavy (non-hydrogen) atoms. The van der Waals surface area contributed by atoms with E-state index in [-0.39, 0.29) is 6.61 Å². The summed E-state index contributed by atoms with van der Waals surface area (Å²) in [6.45, 7) is 1.72. The van der Waals surface area contributed by atoms with E-state index >= 15 is 0 Å². The summed E-state index contributed by atoms with van der Waals surface area (Å²) < 4.78 is 7.67. The summed E-state index contributed by atoms with van der Waals surface area (Å²) >= 11 is 0. The number of aliphatic hydroxyl groups is 1. The number of para-hydroxylation sites is 1. The highest BCUT2D eigenvalue weighted by Gasteiger charge is 1.96. The minimum Gasteiger partial charge on any atom is -0.494 e. The van der Waals surface area contributed by atoms with Crippen LogP contribution in [0, 0.1) is 0 Å². The maximum Gasteiger partial charge on any atom is 0.119 e. The Morgan fingerprint density at radius 3 is 2.65 bits per heavy atom. The fraction of sp³-hybridized carbons (Fsp3) is 0.286. The van der Waals surface area contributed by atoms with Gasteiger partial charge in [0.2, 0.25) is 0 Å². The Labute approximate surface area is 101 Å². The van der Waals surface area contributed by atoms with E-state index < -0.39 is 0 Å². The molecule has 2 aromatic rings. The summed E-state index contributed by atoms with van der Waals surface area (Å²) in [7, 11) is 0. The molecule has 0 atom stereocenters. The molecule has 0 radical (unpaired) electrons. The van der Waals surface area contributed by atoms with E-state index in [2.05, 4.69) is 4.57 Å². The molecular formula is C14H17NO2. The number of aliphatic hydroxyl groups excluding tert-OH is 1. The second kappa shape index (κ2) is 6.11. The van der Waals surface area contributed by atoms with Gasteiger partial charge < -0.3 is 14.4 Å². The van der Waals surface area contributed by atoms with Crippen LogP contribution in [0.5, 0.6) is 5.75 Å². The molecule has 1 N–H and O–H groups in total. The van der Waals surface area contributed by atoms with Crippen molar-refractivity contribution in [3.63, 3.8) is 0 Å². The van der Waals surface area contributed by atoms with Crippen molar-refractivity contribution in [2.45, 2.75) is 19.6 Å². The normalized spacial score (nSPS) is 10.4. The number of hydrogen-bond acceptors (Lipinski definition) is 2. The van der Waals surface area contributed by atoms with Crippen molar-refractivity contribution in [3.8, 4) is 5.75 Å². The Morgan fingerprint density at radius 1 is 1.12 bits per heavy atom. The number of aryl methyl sites for hydroxylation is 1. The van der Waals surface area contributed by atoms with Crippen LogP contribution in [0.4, 0.5) is 0 Å². The van der Waals surface area contributed by atoms with Crippen LogP contribution >= 0.6 is 0 Å². The van der Waals surface area contributed by atoms with Crippen molar-refractivity contribution in [2.75, 3.05) is 6.61 Å². The van der Waals surface area contributed by atoms with Crippen LogP contribution in [0.15, 0.2) is 48.8 Å². The van der Waals surface area contributed by atoms with Gasteiger partial charge in [0.1, 0.15) is 5.75 Å². The number of rotatable bonds is 6. The Hall–Kier alpha value is -1.74. The molecule has 0 amide bonds. The highest BCUT2D eigenvalue weighted by Crippen LogP contribution is 2.09. The van der Waals surface area contributed by atoms with Gasteiger partial charge in [-0.3, -0.25) is 0 Å². The summed E-state index contributed by atoms with van der Waals surface area (Å²) in [4.78, 5) is 0. The molecule has 3 heteroatoms. The van der Waals surface area contributed by atoms with Crippen LogP contribution in [0.2, 0.25) is 0 Å². The fourth-order valence-electron chi connectivity index (χ4n) is 1.68. The molecule has 0 aliphatic heterocycles. The van der Waals surface area contributed by atoms with Gasteiger partial charge in [-0.05, 0) is 30.2 Å². The fourth-order valence-corrected chi connectivity index (χ4v) is 1.68. The van der Waals surface area contributed by atoms with Gasteiger partial charge in [-0.1, -0.05) is 18.2 Å². The second-order valence-electron chi connectivity index (χ2n) is 3.93. The molecule has 1 heterocycles. The highest BCUT2D eigenvalue weighted by molar-refractivity contribution is 5.20. The number of aromatic nitrogens is 1. The lowest BCUT2D eigenvalue weighted by Gasteiger charge is -2.06. The van der Waals surface area contributed by atoms with Gasteiger partial charge in [0.15, 0.2) is 0 Å². The van der Waals surface area contributed by atoms with Gasteiger partial charge in [0.05, 0.1) is 13.2 Å². The van der Waals surface area contributed by atoms with Crippen LogP contribution < -0.4 is 4.74 Å². The van der Waals surface area contributed by atoms with Crippen LogP contribution in [0.3, 0.4) is 0 Å². The van der Waals surface area contributed by atoms with Crippen molar-refractivity contribution in [2.24, 2.45) is 0 Å². The topological polar surface area (TPSA) is 34.4 Å². The molecule has 0 aliphatic rings. The predicted molar refractivity (Wildman–Crippen MR) is 66.9 cm³/mol. The Morgan fingerprint density at radius 2 is 1.94 bits per heavy atom. The Balaban J connectivity index is 1.69. The molecule has 1 aromatic heterocycles. The first-order valence-electron chi connectivity index (χ1n) is 5.82. The largest absolute Gasteiger partial charge is 0.494 e. The molecule has 3 nitrogen and oxygen atoms in total. The van der Waals surface area contributed by atoms with E-state index in [1.54, 1.807) is 0 Å². The zero-order chi connectivity index (χ0) is 11.9.